The molecule has 0 saturated carbocycles. The molecule has 9 nitrogen and oxygen atoms in total. The third-order valence-electron chi connectivity index (χ3n) is 3.98. The number of aromatic nitrogens is 5. The van der Waals surface area contributed by atoms with E-state index < -0.39 is 4.92 Å². The molecule has 1 aromatic carbocycles. The molecule has 0 saturated heterocycles. The number of hydrogen-bond acceptors (Lipinski definition) is 7. The van der Waals surface area contributed by atoms with Gasteiger partial charge in [-0.2, -0.15) is 5.10 Å². The van der Waals surface area contributed by atoms with Crippen LogP contribution in [0.25, 0.3) is 0 Å². The van der Waals surface area contributed by atoms with Crippen molar-refractivity contribution in [2.75, 3.05) is 0 Å². The molecule has 0 amide bonds. The van der Waals surface area contributed by atoms with Crippen molar-refractivity contribution >= 4 is 17.4 Å². The Morgan fingerprint density at radius 1 is 1.33 bits per heavy atom. The summed E-state index contributed by atoms with van der Waals surface area (Å²) in [6.07, 6.45) is 2.36. The molecule has 2 heterocycles. The van der Waals surface area contributed by atoms with E-state index in [1.54, 1.807) is 0 Å². The Morgan fingerprint density at radius 2 is 2.11 bits per heavy atom. The van der Waals surface area contributed by atoms with Crippen molar-refractivity contribution in [1.29, 1.82) is 0 Å². The van der Waals surface area contributed by atoms with E-state index in [4.69, 9.17) is 4.74 Å². The van der Waals surface area contributed by atoms with Crippen LogP contribution in [-0.2, 0) is 12.4 Å². The first-order chi connectivity index (χ1) is 13.0. The number of nitrogens with zero attached hydrogens (tertiary/aromatic N) is 6. The van der Waals surface area contributed by atoms with Gasteiger partial charge in [0.25, 0.3) is 0 Å². The van der Waals surface area contributed by atoms with Gasteiger partial charge in [0.05, 0.1) is 10.8 Å². The Kier molecular flexibility index (Phi) is 5.75. The Balaban J connectivity index is 1.72. The van der Waals surface area contributed by atoms with Gasteiger partial charge in [-0.15, -0.1) is 10.2 Å². The third kappa shape index (κ3) is 4.27. The topological polar surface area (TPSA) is 101 Å². The molecule has 1 atom stereocenters. The monoisotopic (exact) mass is 388 g/mol. The van der Waals surface area contributed by atoms with Gasteiger partial charge in [0, 0.05) is 6.54 Å². The van der Waals surface area contributed by atoms with Gasteiger partial charge in [-0.3, -0.25) is 14.8 Å². The van der Waals surface area contributed by atoms with Crippen LogP contribution in [0.1, 0.15) is 31.3 Å². The van der Waals surface area contributed by atoms with Crippen molar-refractivity contribution < 1.29 is 9.66 Å². The third-order valence-corrected chi connectivity index (χ3v) is 4.93. The fourth-order valence-corrected chi connectivity index (χ4v) is 3.44. The Hall–Kier alpha value is -2.88. The summed E-state index contributed by atoms with van der Waals surface area (Å²) in [7, 11) is 0. The number of hydrogen-bond donors (Lipinski definition) is 0. The smallest absolute Gasteiger partial charge is 0.307 e. The fourth-order valence-electron chi connectivity index (χ4n) is 2.58. The van der Waals surface area contributed by atoms with Gasteiger partial charge in [0.1, 0.15) is 18.1 Å². The quantitative estimate of drug-likeness (QED) is 0.330. The summed E-state index contributed by atoms with van der Waals surface area (Å²) in [5.74, 6) is 1.95. The molecule has 0 fully saturated rings. The molecule has 0 aliphatic rings. The van der Waals surface area contributed by atoms with Gasteiger partial charge in [-0.25, -0.2) is 0 Å². The van der Waals surface area contributed by atoms with E-state index in [1.165, 1.54) is 28.8 Å². The highest BCUT2D eigenvalue weighted by atomic mass is 32.2. The van der Waals surface area contributed by atoms with Crippen LogP contribution in [0, 0.1) is 17.0 Å². The van der Waals surface area contributed by atoms with E-state index in [-0.39, 0.29) is 11.8 Å². The maximum atomic E-state index is 10.7. The number of nitro groups is 1. The van der Waals surface area contributed by atoms with Gasteiger partial charge in [-0.1, -0.05) is 30.0 Å². The van der Waals surface area contributed by atoms with Crippen LogP contribution in [0.3, 0.4) is 0 Å². The van der Waals surface area contributed by atoms with Crippen molar-refractivity contribution in [3.8, 4) is 5.75 Å². The second-order valence-corrected chi connectivity index (χ2v) is 6.79. The lowest BCUT2D eigenvalue weighted by molar-refractivity contribution is -0.385. The van der Waals surface area contributed by atoms with Crippen molar-refractivity contribution in [2.45, 2.75) is 44.5 Å². The molecule has 0 radical (unpaired) electrons. The van der Waals surface area contributed by atoms with Gasteiger partial charge >= 0.3 is 5.69 Å². The average Bonchev–Trinajstić information content (AvgIpc) is 3.28. The molecule has 27 heavy (non-hydrogen) atoms. The Bertz CT molecular complexity index is 938. The molecular formula is C17H20N6O3S. The molecule has 3 rings (SSSR count). The van der Waals surface area contributed by atoms with Crippen LogP contribution in [0.4, 0.5) is 5.69 Å². The highest BCUT2D eigenvalue weighted by Crippen LogP contribution is 2.27. The molecule has 0 aliphatic heterocycles. The summed E-state index contributed by atoms with van der Waals surface area (Å²) in [4.78, 5) is 10.3. The first-order valence-electron chi connectivity index (χ1n) is 8.44. The first kappa shape index (κ1) is 18.9. The lowest BCUT2D eigenvalue weighted by Crippen LogP contribution is -2.12. The summed E-state index contributed by atoms with van der Waals surface area (Å²) < 4.78 is 9.54. The lowest BCUT2D eigenvalue weighted by atomic mass is 10.2. The maximum Gasteiger partial charge on any atom is 0.307 e. The largest absolute Gasteiger partial charge is 0.482 e. The standard InChI is InChI=1S/C17H20N6O3S/c1-4-22-16(13(3)26-15-8-6-5-7-12(15)2)19-20-17(22)27-11-21-10-14(9-18-21)23(24)25/h5-10,13H,4,11H2,1-3H3. The summed E-state index contributed by atoms with van der Waals surface area (Å²) in [6.45, 7) is 6.63. The van der Waals surface area contributed by atoms with Crippen LogP contribution >= 0.6 is 11.8 Å². The van der Waals surface area contributed by atoms with E-state index >= 15 is 0 Å². The predicted octanol–water partition coefficient (Wildman–Crippen LogP) is 3.60. The number of thioether (sulfide) groups is 1. The molecule has 0 N–H and O–H groups in total. The van der Waals surface area contributed by atoms with Crippen LogP contribution in [-0.4, -0.2) is 29.5 Å². The van der Waals surface area contributed by atoms with E-state index in [0.717, 1.165) is 17.1 Å². The summed E-state index contributed by atoms with van der Waals surface area (Å²) >= 11 is 1.41. The van der Waals surface area contributed by atoms with Gasteiger partial charge < -0.3 is 9.30 Å². The highest BCUT2D eigenvalue weighted by Gasteiger charge is 2.19. The average molecular weight is 388 g/mol. The zero-order valence-electron chi connectivity index (χ0n) is 15.3. The summed E-state index contributed by atoms with van der Waals surface area (Å²) in [5.41, 5.74) is 1.02. The number of ether oxygens (including phenoxy) is 1. The molecule has 1 unspecified atom stereocenters. The van der Waals surface area contributed by atoms with E-state index in [0.29, 0.717) is 17.6 Å². The highest BCUT2D eigenvalue weighted by molar-refractivity contribution is 7.98. The minimum atomic E-state index is -0.467. The molecule has 10 heteroatoms. The molecule has 0 aliphatic carbocycles. The zero-order chi connectivity index (χ0) is 19.4. The first-order valence-corrected chi connectivity index (χ1v) is 9.43. The van der Waals surface area contributed by atoms with Gasteiger partial charge in [0.2, 0.25) is 0 Å². The zero-order valence-corrected chi connectivity index (χ0v) is 16.1. The lowest BCUT2D eigenvalue weighted by Gasteiger charge is -2.16. The second-order valence-electron chi connectivity index (χ2n) is 5.88. The molecule has 2 aromatic heterocycles. The number of aryl methyl sites for hydroxylation is 1. The number of para-hydroxylation sites is 1. The van der Waals surface area contributed by atoms with Crippen molar-refractivity contribution in [2.24, 2.45) is 0 Å². The van der Waals surface area contributed by atoms with Crippen molar-refractivity contribution in [3.05, 3.63) is 58.2 Å². The SMILES string of the molecule is CCn1c(SCn2cc([N+](=O)[O-])cn2)nnc1C(C)Oc1ccccc1C. The second kappa shape index (κ2) is 8.21. The van der Waals surface area contributed by atoms with Gasteiger partial charge in [-0.05, 0) is 32.4 Å². The number of rotatable bonds is 8. The molecule has 0 spiro atoms. The Morgan fingerprint density at radius 3 is 2.78 bits per heavy atom. The van der Waals surface area contributed by atoms with Crippen molar-refractivity contribution in [3.63, 3.8) is 0 Å². The minimum absolute atomic E-state index is 0.0338. The summed E-state index contributed by atoms with van der Waals surface area (Å²) in [5, 5.41) is 24.0. The molecular weight excluding hydrogens is 368 g/mol. The van der Waals surface area contributed by atoms with Crippen LogP contribution < -0.4 is 4.74 Å². The van der Waals surface area contributed by atoms with Gasteiger partial charge in [0.15, 0.2) is 17.1 Å². The van der Waals surface area contributed by atoms with Crippen LogP contribution in [0.2, 0.25) is 0 Å². The van der Waals surface area contributed by atoms with Crippen LogP contribution in [0.5, 0.6) is 5.75 Å². The Labute approximate surface area is 160 Å². The predicted molar refractivity (Wildman–Crippen MR) is 101 cm³/mol. The molecule has 0 bridgehead atoms. The fraction of sp³-hybridized carbons (Fsp3) is 0.353. The molecule has 142 valence electrons. The summed E-state index contributed by atoms with van der Waals surface area (Å²) in [6, 6.07) is 7.83. The van der Waals surface area contributed by atoms with E-state index in [1.807, 2.05) is 49.6 Å². The number of benzene rings is 1. The minimum Gasteiger partial charge on any atom is -0.482 e. The van der Waals surface area contributed by atoms with E-state index in [9.17, 15) is 10.1 Å². The normalized spacial score (nSPS) is 12.1. The van der Waals surface area contributed by atoms with Crippen molar-refractivity contribution in [1.82, 2.24) is 24.5 Å². The maximum absolute atomic E-state index is 10.7. The molecule has 3 aromatic rings. The van der Waals surface area contributed by atoms with E-state index in [2.05, 4.69) is 15.3 Å². The van der Waals surface area contributed by atoms with Crippen LogP contribution in [0.15, 0.2) is 41.8 Å².